The number of rotatable bonds is 13. The first kappa shape index (κ1) is 27.7. The van der Waals surface area contributed by atoms with Gasteiger partial charge in [-0.15, -0.1) is 0 Å². The van der Waals surface area contributed by atoms with Gasteiger partial charge in [0, 0.05) is 13.0 Å². The lowest BCUT2D eigenvalue weighted by Crippen LogP contribution is -2.58. The van der Waals surface area contributed by atoms with Crippen LogP contribution in [0.3, 0.4) is 0 Å². The first-order chi connectivity index (χ1) is 15.0. The number of nitrogens with one attached hydrogen (secondary N) is 2. The SMILES string of the molecule is CSCCC(N)C(=O)N1CCCC1C(=O)NC(CCC(=O)O)C(=O)NC(C(=O)O)C(C)O. The van der Waals surface area contributed by atoms with Crippen molar-refractivity contribution in [3.8, 4) is 0 Å². The summed E-state index contributed by atoms with van der Waals surface area (Å²) in [5, 5.41) is 32.2. The van der Waals surface area contributed by atoms with Gasteiger partial charge in [0.15, 0.2) is 6.04 Å². The van der Waals surface area contributed by atoms with Crippen LogP contribution in [0.25, 0.3) is 0 Å². The summed E-state index contributed by atoms with van der Waals surface area (Å²) in [6.45, 7) is 1.51. The van der Waals surface area contributed by atoms with Gasteiger partial charge in [-0.3, -0.25) is 19.2 Å². The number of nitrogens with two attached hydrogens (primary N) is 1. The van der Waals surface area contributed by atoms with Crippen molar-refractivity contribution in [3.05, 3.63) is 0 Å². The summed E-state index contributed by atoms with van der Waals surface area (Å²) >= 11 is 1.54. The first-order valence-electron chi connectivity index (χ1n) is 10.3. The molecule has 0 spiro atoms. The molecule has 32 heavy (non-hydrogen) atoms. The number of thioether (sulfide) groups is 1. The topological polar surface area (TPSA) is 199 Å². The molecule has 1 heterocycles. The van der Waals surface area contributed by atoms with Crippen LogP contribution in [0.2, 0.25) is 0 Å². The molecule has 7 N–H and O–H groups in total. The van der Waals surface area contributed by atoms with Gasteiger partial charge in [-0.2, -0.15) is 11.8 Å². The van der Waals surface area contributed by atoms with E-state index in [1.54, 1.807) is 11.8 Å². The van der Waals surface area contributed by atoms with Crippen LogP contribution in [-0.4, -0.2) is 98.7 Å². The zero-order valence-corrected chi connectivity index (χ0v) is 19.0. The second-order valence-corrected chi connectivity index (χ2v) is 8.62. The number of aliphatic hydroxyl groups excluding tert-OH is 1. The van der Waals surface area contributed by atoms with E-state index in [1.807, 2.05) is 6.26 Å². The average molecular weight is 477 g/mol. The molecule has 1 rings (SSSR count). The van der Waals surface area contributed by atoms with E-state index in [9.17, 15) is 29.1 Å². The third-order valence-corrected chi connectivity index (χ3v) is 5.76. The number of hydrogen-bond acceptors (Lipinski definition) is 8. The smallest absolute Gasteiger partial charge is 0.328 e. The average Bonchev–Trinajstić information content (AvgIpc) is 3.21. The minimum absolute atomic E-state index is 0.299. The highest BCUT2D eigenvalue weighted by Gasteiger charge is 2.38. The maximum absolute atomic E-state index is 12.9. The van der Waals surface area contributed by atoms with E-state index < -0.39 is 60.4 Å². The van der Waals surface area contributed by atoms with Crippen molar-refractivity contribution in [2.24, 2.45) is 5.73 Å². The Morgan fingerprint density at radius 3 is 2.34 bits per heavy atom. The number of likely N-dealkylation sites (tertiary alicyclic amines) is 1. The maximum atomic E-state index is 12.9. The minimum Gasteiger partial charge on any atom is -0.481 e. The molecule has 12 nitrogen and oxygen atoms in total. The van der Waals surface area contributed by atoms with E-state index in [0.717, 1.165) is 0 Å². The molecule has 1 aliphatic rings. The summed E-state index contributed by atoms with van der Waals surface area (Å²) in [7, 11) is 0. The summed E-state index contributed by atoms with van der Waals surface area (Å²) in [5.74, 6) is -3.97. The molecule has 182 valence electrons. The van der Waals surface area contributed by atoms with Gasteiger partial charge < -0.3 is 36.6 Å². The number of carbonyl (C=O) groups is 5. The summed E-state index contributed by atoms with van der Waals surface area (Å²) in [4.78, 5) is 61.7. The fourth-order valence-electron chi connectivity index (χ4n) is 3.33. The highest BCUT2D eigenvalue weighted by molar-refractivity contribution is 7.98. The minimum atomic E-state index is -1.63. The van der Waals surface area contributed by atoms with Gasteiger partial charge in [-0.1, -0.05) is 0 Å². The van der Waals surface area contributed by atoms with E-state index in [-0.39, 0.29) is 12.3 Å². The predicted octanol–water partition coefficient (Wildman–Crippen LogP) is -1.64. The van der Waals surface area contributed by atoms with E-state index in [1.165, 1.54) is 11.8 Å². The number of hydrogen-bond donors (Lipinski definition) is 6. The van der Waals surface area contributed by atoms with Crippen LogP contribution in [-0.2, 0) is 24.0 Å². The van der Waals surface area contributed by atoms with Gasteiger partial charge in [0.1, 0.15) is 12.1 Å². The van der Waals surface area contributed by atoms with Crippen molar-refractivity contribution in [1.29, 1.82) is 0 Å². The zero-order chi connectivity index (χ0) is 24.4. The Morgan fingerprint density at radius 2 is 1.81 bits per heavy atom. The van der Waals surface area contributed by atoms with Crippen LogP contribution >= 0.6 is 11.8 Å². The Hall–Kier alpha value is -2.38. The molecule has 0 aliphatic carbocycles. The molecule has 0 bridgehead atoms. The Kier molecular flexibility index (Phi) is 11.4. The van der Waals surface area contributed by atoms with E-state index in [4.69, 9.17) is 15.9 Å². The van der Waals surface area contributed by atoms with Crippen LogP contribution in [0.5, 0.6) is 0 Å². The molecule has 0 aromatic carbocycles. The number of aliphatic hydroxyl groups is 1. The molecular weight excluding hydrogens is 444 g/mol. The third kappa shape index (κ3) is 8.28. The number of carboxylic acids is 2. The Balaban J connectivity index is 2.92. The first-order valence-corrected chi connectivity index (χ1v) is 11.7. The van der Waals surface area contributed by atoms with Crippen molar-refractivity contribution in [2.75, 3.05) is 18.6 Å². The lowest BCUT2D eigenvalue weighted by Gasteiger charge is -2.28. The van der Waals surface area contributed by atoms with Crippen LogP contribution in [0, 0.1) is 0 Å². The lowest BCUT2D eigenvalue weighted by molar-refractivity contribution is -0.146. The maximum Gasteiger partial charge on any atom is 0.328 e. The van der Waals surface area contributed by atoms with E-state index in [2.05, 4.69) is 10.6 Å². The highest BCUT2D eigenvalue weighted by Crippen LogP contribution is 2.19. The molecule has 3 amide bonds. The number of nitrogens with zero attached hydrogens (tertiary/aromatic N) is 1. The molecule has 13 heteroatoms. The molecule has 0 radical (unpaired) electrons. The molecule has 1 aliphatic heterocycles. The summed E-state index contributed by atoms with van der Waals surface area (Å²) in [5.41, 5.74) is 5.94. The molecule has 0 saturated carbocycles. The van der Waals surface area contributed by atoms with Crippen molar-refractivity contribution < 1.29 is 39.3 Å². The third-order valence-electron chi connectivity index (χ3n) is 5.11. The largest absolute Gasteiger partial charge is 0.481 e. The molecule has 1 fully saturated rings. The number of aliphatic carboxylic acids is 2. The summed E-state index contributed by atoms with van der Waals surface area (Å²) in [6, 6.07) is -4.62. The van der Waals surface area contributed by atoms with Gasteiger partial charge in [-0.25, -0.2) is 4.79 Å². The van der Waals surface area contributed by atoms with Crippen molar-refractivity contribution in [1.82, 2.24) is 15.5 Å². The van der Waals surface area contributed by atoms with Gasteiger partial charge in [-0.05, 0) is 44.6 Å². The quantitative estimate of drug-likeness (QED) is 0.179. The van der Waals surface area contributed by atoms with Gasteiger partial charge in [0.05, 0.1) is 12.1 Å². The van der Waals surface area contributed by atoms with Crippen molar-refractivity contribution >= 4 is 41.4 Å². The fourth-order valence-corrected chi connectivity index (χ4v) is 3.82. The molecular formula is C19H32N4O8S. The summed E-state index contributed by atoms with van der Waals surface area (Å²) in [6.07, 6.45) is 1.07. The highest BCUT2D eigenvalue weighted by atomic mass is 32.2. The van der Waals surface area contributed by atoms with E-state index in [0.29, 0.717) is 31.6 Å². The van der Waals surface area contributed by atoms with Crippen molar-refractivity contribution in [3.63, 3.8) is 0 Å². The van der Waals surface area contributed by atoms with Crippen LogP contribution in [0.4, 0.5) is 0 Å². The second kappa shape index (κ2) is 13.2. The molecule has 0 aromatic heterocycles. The monoisotopic (exact) mass is 476 g/mol. The van der Waals surface area contributed by atoms with Crippen LogP contribution in [0.15, 0.2) is 0 Å². The molecule has 5 unspecified atom stereocenters. The van der Waals surface area contributed by atoms with E-state index >= 15 is 0 Å². The second-order valence-electron chi connectivity index (χ2n) is 7.64. The number of carbonyl (C=O) groups excluding carboxylic acids is 3. The van der Waals surface area contributed by atoms with Crippen LogP contribution < -0.4 is 16.4 Å². The standard InChI is InChI=1S/C19H32N4O8S/c1-10(24)15(19(30)31)22-16(27)12(5-6-14(25)26)21-17(28)13-4-3-8-23(13)18(29)11(20)7-9-32-2/h10-13,15,24H,3-9,20H2,1-2H3,(H,21,28)(H,22,27)(H,25,26)(H,30,31). The number of amides is 3. The predicted molar refractivity (Wildman–Crippen MR) is 116 cm³/mol. The molecule has 5 atom stereocenters. The molecule has 1 saturated heterocycles. The fraction of sp³-hybridized carbons (Fsp3) is 0.737. The Morgan fingerprint density at radius 1 is 1.16 bits per heavy atom. The van der Waals surface area contributed by atoms with Gasteiger partial charge in [0.25, 0.3) is 0 Å². The van der Waals surface area contributed by atoms with Gasteiger partial charge in [0.2, 0.25) is 17.7 Å². The normalized spacial score (nSPS) is 19.5. The zero-order valence-electron chi connectivity index (χ0n) is 18.2. The summed E-state index contributed by atoms with van der Waals surface area (Å²) < 4.78 is 0. The Bertz CT molecular complexity index is 705. The Labute approximate surface area is 190 Å². The lowest BCUT2D eigenvalue weighted by atomic mass is 10.1. The number of carboxylic acid groups (broad SMARTS) is 2. The van der Waals surface area contributed by atoms with Crippen LogP contribution in [0.1, 0.15) is 39.0 Å². The van der Waals surface area contributed by atoms with Crippen molar-refractivity contribution in [2.45, 2.75) is 69.3 Å². The molecule has 0 aromatic rings. The van der Waals surface area contributed by atoms with Gasteiger partial charge >= 0.3 is 11.9 Å².